The Bertz CT molecular complexity index is 1390. The predicted octanol–water partition coefficient (Wildman–Crippen LogP) is 4.68. The third-order valence-corrected chi connectivity index (χ3v) is 7.62. The topological polar surface area (TPSA) is 83.6 Å². The highest BCUT2D eigenvalue weighted by Gasteiger charge is 2.42. The number of ether oxygens (including phenoxy) is 1. The summed E-state index contributed by atoms with van der Waals surface area (Å²) < 4.78 is 45.7. The molecule has 7 nitrogen and oxygen atoms in total. The van der Waals surface area contributed by atoms with Gasteiger partial charge in [0.2, 0.25) is 0 Å². The number of methoxy groups -OCH3 is 1. The average molecular weight is 539 g/mol. The van der Waals surface area contributed by atoms with E-state index in [4.69, 9.17) is 4.74 Å². The Morgan fingerprint density at radius 3 is 2.38 bits per heavy atom. The molecule has 2 amide bonds. The molecule has 1 aromatic heterocycles. The first-order valence-corrected chi connectivity index (χ1v) is 12.9. The van der Waals surface area contributed by atoms with E-state index < -0.39 is 23.4 Å². The van der Waals surface area contributed by atoms with Gasteiger partial charge in [0.05, 0.1) is 12.7 Å². The van der Waals surface area contributed by atoms with E-state index in [9.17, 15) is 22.8 Å². The van der Waals surface area contributed by atoms with Crippen LogP contribution in [-0.2, 0) is 6.54 Å². The number of aromatic nitrogens is 1. The fourth-order valence-corrected chi connectivity index (χ4v) is 5.66. The molecule has 2 saturated heterocycles. The van der Waals surface area contributed by atoms with Crippen LogP contribution < -0.4 is 20.3 Å². The standard InChI is InChI=1S/C29H29F3N4O3/c1-16-22(4-3-5-26(16)39-2)29(38)35-19-11-20-7-8-21(12-19)36(20)27-9-6-17(14-33-27)28(37)34-15-18-10-24(31)25(32)13-23(18)30/h3-6,9-10,13-14,19-21H,7-8,11-12,15H2,1-2H3,(H,34,37)(H,35,38)/t19-,20+,21-. The number of amides is 2. The Balaban J connectivity index is 1.20. The average Bonchev–Trinajstić information content (AvgIpc) is 3.19. The van der Waals surface area contributed by atoms with Crippen molar-refractivity contribution in [3.05, 3.63) is 88.4 Å². The quantitative estimate of drug-likeness (QED) is 0.427. The maximum Gasteiger partial charge on any atom is 0.253 e. The monoisotopic (exact) mass is 538 g/mol. The number of nitrogens with zero attached hydrogens (tertiary/aromatic N) is 2. The number of hydrogen-bond acceptors (Lipinski definition) is 5. The van der Waals surface area contributed by atoms with Crippen LogP contribution in [-0.4, -0.2) is 42.0 Å². The summed E-state index contributed by atoms with van der Waals surface area (Å²) in [5.74, 6) is -2.58. The van der Waals surface area contributed by atoms with Crippen LogP contribution in [0.1, 0.15) is 57.5 Å². The number of carbonyl (C=O) groups is 2. The van der Waals surface area contributed by atoms with E-state index in [-0.39, 0.29) is 41.7 Å². The minimum atomic E-state index is -1.28. The van der Waals surface area contributed by atoms with Gasteiger partial charge in [-0.1, -0.05) is 6.07 Å². The van der Waals surface area contributed by atoms with Gasteiger partial charge in [-0.3, -0.25) is 9.59 Å². The highest BCUT2D eigenvalue weighted by atomic mass is 19.2. The molecule has 3 aromatic rings. The second-order valence-corrected chi connectivity index (χ2v) is 10.0. The van der Waals surface area contributed by atoms with Gasteiger partial charge in [-0.25, -0.2) is 18.2 Å². The van der Waals surface area contributed by atoms with Crippen LogP contribution in [0.5, 0.6) is 5.75 Å². The molecule has 0 saturated carbocycles. The van der Waals surface area contributed by atoms with Gasteiger partial charge < -0.3 is 20.3 Å². The Kier molecular flexibility index (Phi) is 7.45. The summed E-state index contributed by atoms with van der Waals surface area (Å²) in [5.41, 5.74) is 1.53. The number of hydrogen-bond donors (Lipinski definition) is 2. The molecule has 0 spiro atoms. The molecule has 2 N–H and O–H groups in total. The summed E-state index contributed by atoms with van der Waals surface area (Å²) >= 11 is 0. The van der Waals surface area contributed by atoms with Gasteiger partial charge in [0.15, 0.2) is 11.6 Å². The molecule has 2 aliphatic rings. The lowest BCUT2D eigenvalue weighted by molar-refractivity contribution is 0.0923. The molecule has 2 bridgehead atoms. The molecule has 3 atom stereocenters. The van der Waals surface area contributed by atoms with Gasteiger partial charge >= 0.3 is 0 Å². The number of anilines is 1. The SMILES string of the molecule is COc1cccc(C(=O)N[C@H]2C[C@H]3CC[C@@H](C2)N3c2ccc(C(=O)NCc3cc(F)c(F)cc3F)cn2)c1C. The van der Waals surface area contributed by atoms with Crippen LogP contribution in [0.4, 0.5) is 19.0 Å². The zero-order valence-electron chi connectivity index (χ0n) is 21.6. The summed E-state index contributed by atoms with van der Waals surface area (Å²) in [6.07, 6.45) is 4.99. The fourth-order valence-electron chi connectivity index (χ4n) is 5.66. The van der Waals surface area contributed by atoms with Crippen molar-refractivity contribution in [3.8, 4) is 5.75 Å². The molecule has 2 aliphatic heterocycles. The lowest BCUT2D eigenvalue weighted by Gasteiger charge is -2.40. The number of piperidine rings is 1. The maximum atomic E-state index is 13.8. The summed E-state index contributed by atoms with van der Waals surface area (Å²) in [6, 6.07) is 10.5. The first-order chi connectivity index (χ1) is 18.7. The van der Waals surface area contributed by atoms with Crippen molar-refractivity contribution < 1.29 is 27.5 Å². The van der Waals surface area contributed by atoms with Crippen LogP contribution in [0.3, 0.4) is 0 Å². The third-order valence-electron chi connectivity index (χ3n) is 7.62. The Hall–Kier alpha value is -4.08. The number of rotatable bonds is 7. The minimum absolute atomic E-state index is 0.0404. The summed E-state index contributed by atoms with van der Waals surface area (Å²) in [6.45, 7) is 1.58. The third kappa shape index (κ3) is 5.41. The van der Waals surface area contributed by atoms with Crippen LogP contribution in [0.15, 0.2) is 48.7 Å². The molecule has 2 aromatic carbocycles. The number of benzene rings is 2. The van der Waals surface area contributed by atoms with E-state index in [1.54, 1.807) is 25.3 Å². The maximum absolute atomic E-state index is 13.8. The van der Waals surface area contributed by atoms with Gasteiger partial charge in [-0.15, -0.1) is 0 Å². The molecule has 0 radical (unpaired) electrons. The van der Waals surface area contributed by atoms with Crippen molar-refractivity contribution in [1.82, 2.24) is 15.6 Å². The lowest BCUT2D eigenvalue weighted by Crippen LogP contribution is -2.50. The first-order valence-electron chi connectivity index (χ1n) is 12.9. The molecule has 204 valence electrons. The van der Waals surface area contributed by atoms with Crippen LogP contribution in [0, 0.1) is 24.4 Å². The molecule has 2 fully saturated rings. The van der Waals surface area contributed by atoms with E-state index in [2.05, 4.69) is 20.5 Å². The van der Waals surface area contributed by atoms with E-state index in [1.807, 2.05) is 19.1 Å². The van der Waals surface area contributed by atoms with Crippen molar-refractivity contribution in [1.29, 1.82) is 0 Å². The van der Waals surface area contributed by atoms with Crippen LogP contribution >= 0.6 is 0 Å². The van der Waals surface area contributed by atoms with Gasteiger partial charge in [-0.05, 0) is 62.9 Å². The van der Waals surface area contributed by atoms with Gasteiger partial charge in [0, 0.05) is 53.6 Å². The lowest BCUT2D eigenvalue weighted by atomic mass is 9.96. The van der Waals surface area contributed by atoms with Crippen LogP contribution in [0.2, 0.25) is 0 Å². The molecule has 39 heavy (non-hydrogen) atoms. The summed E-state index contributed by atoms with van der Waals surface area (Å²) in [7, 11) is 1.59. The summed E-state index contributed by atoms with van der Waals surface area (Å²) in [5, 5.41) is 5.71. The molecule has 5 rings (SSSR count). The summed E-state index contributed by atoms with van der Waals surface area (Å²) in [4.78, 5) is 32.3. The molecule has 3 heterocycles. The Labute approximate surface area is 224 Å². The molecule has 10 heteroatoms. The normalized spacial score (nSPS) is 20.0. The molecular formula is C29H29F3N4O3. The highest BCUT2D eigenvalue weighted by Crippen LogP contribution is 2.38. The largest absolute Gasteiger partial charge is 0.496 e. The Morgan fingerprint density at radius 1 is 1.00 bits per heavy atom. The number of carbonyl (C=O) groups excluding carboxylic acids is 2. The molecular weight excluding hydrogens is 509 g/mol. The zero-order chi connectivity index (χ0) is 27.7. The Morgan fingerprint density at radius 2 is 1.72 bits per heavy atom. The second-order valence-electron chi connectivity index (χ2n) is 10.0. The molecule has 0 unspecified atom stereocenters. The van der Waals surface area contributed by atoms with Gasteiger partial charge in [0.1, 0.15) is 17.4 Å². The van der Waals surface area contributed by atoms with Crippen molar-refractivity contribution >= 4 is 17.6 Å². The minimum Gasteiger partial charge on any atom is -0.496 e. The fraction of sp³-hybridized carbons (Fsp3) is 0.345. The smallest absolute Gasteiger partial charge is 0.253 e. The van der Waals surface area contributed by atoms with E-state index in [0.717, 1.165) is 43.1 Å². The number of fused-ring (bicyclic) bond motifs is 2. The van der Waals surface area contributed by atoms with Crippen molar-refractivity contribution in [3.63, 3.8) is 0 Å². The second kappa shape index (κ2) is 11.0. The number of pyridine rings is 1. The van der Waals surface area contributed by atoms with E-state index >= 15 is 0 Å². The van der Waals surface area contributed by atoms with Crippen LogP contribution in [0.25, 0.3) is 0 Å². The van der Waals surface area contributed by atoms with Crippen molar-refractivity contribution in [2.24, 2.45) is 0 Å². The molecule has 0 aliphatic carbocycles. The van der Waals surface area contributed by atoms with E-state index in [0.29, 0.717) is 17.4 Å². The van der Waals surface area contributed by atoms with Gasteiger partial charge in [-0.2, -0.15) is 0 Å². The first kappa shape index (κ1) is 26.5. The number of nitrogens with one attached hydrogen (secondary N) is 2. The van der Waals surface area contributed by atoms with Crippen molar-refractivity contribution in [2.75, 3.05) is 12.0 Å². The number of halogens is 3. The highest BCUT2D eigenvalue weighted by molar-refractivity contribution is 5.96. The van der Waals surface area contributed by atoms with Crippen molar-refractivity contribution in [2.45, 2.75) is 57.3 Å². The predicted molar refractivity (Wildman–Crippen MR) is 139 cm³/mol. The van der Waals surface area contributed by atoms with Gasteiger partial charge in [0.25, 0.3) is 11.8 Å². The zero-order valence-corrected chi connectivity index (χ0v) is 21.6. The van der Waals surface area contributed by atoms with E-state index in [1.165, 1.54) is 6.20 Å².